The van der Waals surface area contributed by atoms with Gasteiger partial charge in [-0.15, -0.1) is 0 Å². The van der Waals surface area contributed by atoms with E-state index in [1.807, 2.05) is 24.3 Å². The van der Waals surface area contributed by atoms with Gasteiger partial charge in [0.15, 0.2) is 0 Å². The van der Waals surface area contributed by atoms with Crippen molar-refractivity contribution in [1.82, 2.24) is 20.1 Å². The molecule has 0 spiro atoms. The summed E-state index contributed by atoms with van der Waals surface area (Å²) in [6, 6.07) is 9.45. The summed E-state index contributed by atoms with van der Waals surface area (Å²) in [5.41, 5.74) is 9.16. The maximum atomic E-state index is 13.2. The Morgan fingerprint density at radius 3 is 2.42 bits per heavy atom. The third kappa shape index (κ3) is 4.92. The van der Waals surface area contributed by atoms with Crippen LogP contribution in [0.5, 0.6) is 0 Å². The molecule has 0 radical (unpaired) electrons. The van der Waals surface area contributed by atoms with Crippen LogP contribution in [-0.2, 0) is 16.1 Å². The number of piperidine rings is 2. The van der Waals surface area contributed by atoms with Crippen LogP contribution >= 0.6 is 0 Å². The topological polar surface area (TPSA) is 115 Å². The molecule has 3 saturated heterocycles. The van der Waals surface area contributed by atoms with Crippen LogP contribution < -0.4 is 20.9 Å². The zero-order valence-corrected chi connectivity index (χ0v) is 21.6. The summed E-state index contributed by atoms with van der Waals surface area (Å²) in [6.07, 6.45) is 4.72. The van der Waals surface area contributed by atoms with E-state index in [0.717, 1.165) is 62.9 Å². The number of benzene rings is 1. The van der Waals surface area contributed by atoms with E-state index in [9.17, 15) is 14.4 Å². The van der Waals surface area contributed by atoms with Crippen molar-refractivity contribution in [2.45, 2.75) is 38.3 Å². The van der Waals surface area contributed by atoms with Crippen LogP contribution in [0.2, 0.25) is 0 Å². The molecule has 200 valence electrons. The molecular weight excluding hydrogens is 482 g/mol. The smallest absolute Gasteiger partial charge is 0.255 e. The molecule has 3 fully saturated rings. The number of hydrogen-bond acceptors (Lipinski definition) is 8. The molecule has 3 amide bonds. The molecular formula is C28H35N7O3. The number of nitrogens with zero attached hydrogens (tertiary/aromatic N) is 5. The van der Waals surface area contributed by atoms with Crippen molar-refractivity contribution < 1.29 is 14.4 Å². The van der Waals surface area contributed by atoms with Crippen molar-refractivity contribution >= 4 is 34.9 Å². The van der Waals surface area contributed by atoms with Crippen molar-refractivity contribution in [2.24, 2.45) is 5.92 Å². The van der Waals surface area contributed by atoms with Crippen LogP contribution in [-0.4, -0.2) is 84.4 Å². The quantitative estimate of drug-likeness (QED) is 0.573. The van der Waals surface area contributed by atoms with Crippen LogP contribution in [0, 0.1) is 5.92 Å². The molecule has 0 bridgehead atoms. The molecule has 6 rings (SSSR count). The normalized spacial score (nSPS) is 23.1. The SMILES string of the molecule is Nc1ccc(N2CCC(CN3CCN(c4ccc5c(c4)C(=O)N(C4CCC(=O)NC4=O)C5)CC3)CC2)nc1. The Morgan fingerprint density at radius 1 is 0.921 bits per heavy atom. The van der Waals surface area contributed by atoms with Gasteiger partial charge >= 0.3 is 0 Å². The highest BCUT2D eigenvalue weighted by Gasteiger charge is 2.39. The minimum Gasteiger partial charge on any atom is -0.397 e. The number of hydrogen-bond donors (Lipinski definition) is 2. The summed E-state index contributed by atoms with van der Waals surface area (Å²) < 4.78 is 0. The van der Waals surface area contributed by atoms with Gasteiger partial charge in [-0.3, -0.25) is 24.6 Å². The van der Waals surface area contributed by atoms with E-state index >= 15 is 0 Å². The number of pyridine rings is 1. The lowest BCUT2D eigenvalue weighted by atomic mass is 9.96. The number of fused-ring (bicyclic) bond motifs is 1. The lowest BCUT2D eigenvalue weighted by molar-refractivity contribution is -0.136. The highest BCUT2D eigenvalue weighted by molar-refractivity contribution is 6.05. The van der Waals surface area contributed by atoms with Crippen molar-refractivity contribution in [1.29, 1.82) is 0 Å². The van der Waals surface area contributed by atoms with E-state index in [1.54, 1.807) is 11.1 Å². The predicted molar refractivity (Wildman–Crippen MR) is 145 cm³/mol. The van der Waals surface area contributed by atoms with Crippen LogP contribution in [0.4, 0.5) is 17.2 Å². The maximum absolute atomic E-state index is 13.2. The second kappa shape index (κ2) is 10.2. The average molecular weight is 518 g/mol. The Hall–Kier alpha value is -3.66. The van der Waals surface area contributed by atoms with E-state index in [1.165, 1.54) is 12.8 Å². The van der Waals surface area contributed by atoms with Crippen LogP contribution in [0.15, 0.2) is 36.5 Å². The van der Waals surface area contributed by atoms with Crippen LogP contribution in [0.3, 0.4) is 0 Å². The lowest BCUT2D eigenvalue weighted by Gasteiger charge is -2.40. The molecule has 0 aliphatic carbocycles. The van der Waals surface area contributed by atoms with E-state index < -0.39 is 6.04 Å². The van der Waals surface area contributed by atoms with E-state index in [4.69, 9.17) is 5.73 Å². The Kier molecular flexibility index (Phi) is 6.65. The van der Waals surface area contributed by atoms with Gasteiger partial charge in [-0.05, 0) is 55.0 Å². The first-order valence-corrected chi connectivity index (χ1v) is 13.7. The zero-order valence-electron chi connectivity index (χ0n) is 21.6. The molecule has 4 aliphatic rings. The largest absolute Gasteiger partial charge is 0.397 e. The number of imide groups is 1. The van der Waals surface area contributed by atoms with Crippen LogP contribution in [0.1, 0.15) is 41.6 Å². The fraction of sp³-hybridized carbons (Fsp3) is 0.500. The third-order valence-corrected chi connectivity index (χ3v) is 8.47. The molecule has 1 aromatic heterocycles. The molecule has 10 heteroatoms. The molecule has 38 heavy (non-hydrogen) atoms. The van der Waals surface area contributed by atoms with E-state index in [0.29, 0.717) is 30.1 Å². The first-order chi connectivity index (χ1) is 18.4. The molecule has 10 nitrogen and oxygen atoms in total. The number of anilines is 3. The summed E-state index contributed by atoms with van der Waals surface area (Å²) in [6.45, 7) is 7.47. The average Bonchev–Trinajstić information content (AvgIpc) is 3.25. The number of aromatic nitrogens is 1. The van der Waals surface area contributed by atoms with Gasteiger partial charge in [0, 0.05) is 70.0 Å². The van der Waals surface area contributed by atoms with Gasteiger partial charge in [-0.2, -0.15) is 0 Å². The first-order valence-electron chi connectivity index (χ1n) is 13.7. The van der Waals surface area contributed by atoms with Crippen LogP contribution in [0.25, 0.3) is 0 Å². The predicted octanol–water partition coefficient (Wildman–Crippen LogP) is 1.46. The number of nitrogen functional groups attached to an aromatic ring is 1. The standard InChI is InChI=1S/C28H35N7O3/c29-21-2-5-25(30-16-21)34-9-7-19(8-10-34)17-32-11-13-33(14-12-32)22-3-1-20-18-35(28(38)23(20)15-22)24-4-6-26(36)31-27(24)37/h1-3,5,15-16,19,24H,4,6-14,17-18,29H2,(H,31,36,37). The molecule has 4 aliphatic heterocycles. The fourth-order valence-electron chi connectivity index (χ4n) is 6.22. The summed E-state index contributed by atoms with van der Waals surface area (Å²) in [5.74, 6) is 0.960. The van der Waals surface area contributed by atoms with Crippen molar-refractivity contribution in [3.05, 3.63) is 47.7 Å². The Labute approximate surface area is 222 Å². The van der Waals surface area contributed by atoms with Gasteiger partial charge in [0.25, 0.3) is 5.91 Å². The molecule has 0 saturated carbocycles. The monoisotopic (exact) mass is 517 g/mol. The number of amides is 3. The third-order valence-electron chi connectivity index (χ3n) is 8.47. The minimum absolute atomic E-state index is 0.115. The summed E-state index contributed by atoms with van der Waals surface area (Å²) >= 11 is 0. The van der Waals surface area contributed by atoms with Gasteiger partial charge in [0.1, 0.15) is 11.9 Å². The first kappa shape index (κ1) is 24.7. The van der Waals surface area contributed by atoms with Crippen molar-refractivity contribution in [2.75, 3.05) is 61.3 Å². The number of nitrogens with two attached hydrogens (primary N) is 1. The van der Waals surface area contributed by atoms with Gasteiger partial charge in [-0.1, -0.05) is 6.07 Å². The van der Waals surface area contributed by atoms with Gasteiger partial charge < -0.3 is 20.4 Å². The Morgan fingerprint density at radius 2 is 1.71 bits per heavy atom. The van der Waals surface area contributed by atoms with Gasteiger partial charge in [0.2, 0.25) is 11.8 Å². The summed E-state index contributed by atoms with van der Waals surface area (Å²) in [4.78, 5) is 50.4. The molecule has 1 atom stereocenters. The zero-order chi connectivity index (χ0) is 26.2. The minimum atomic E-state index is -0.575. The second-order valence-corrected chi connectivity index (χ2v) is 10.9. The molecule has 5 heterocycles. The van der Waals surface area contributed by atoms with Crippen molar-refractivity contribution in [3.63, 3.8) is 0 Å². The summed E-state index contributed by atoms with van der Waals surface area (Å²) in [7, 11) is 0. The maximum Gasteiger partial charge on any atom is 0.255 e. The number of rotatable bonds is 5. The molecule has 2 aromatic rings. The molecule has 1 unspecified atom stereocenters. The number of carbonyl (C=O) groups excluding carboxylic acids is 3. The lowest BCUT2D eigenvalue weighted by Crippen LogP contribution is -2.52. The number of piperazine rings is 1. The Balaban J connectivity index is 1.00. The van der Waals surface area contributed by atoms with E-state index in [-0.39, 0.29) is 24.1 Å². The molecule has 3 N–H and O–H groups in total. The number of nitrogens with one attached hydrogen (secondary N) is 1. The highest BCUT2D eigenvalue weighted by Crippen LogP contribution is 2.31. The van der Waals surface area contributed by atoms with Gasteiger partial charge in [-0.25, -0.2) is 4.98 Å². The Bertz CT molecular complexity index is 1220. The highest BCUT2D eigenvalue weighted by atomic mass is 16.2. The van der Waals surface area contributed by atoms with Crippen molar-refractivity contribution in [3.8, 4) is 0 Å². The summed E-state index contributed by atoms with van der Waals surface area (Å²) in [5, 5.41) is 2.37. The second-order valence-electron chi connectivity index (χ2n) is 10.9. The molecule has 1 aromatic carbocycles. The number of carbonyl (C=O) groups is 3. The van der Waals surface area contributed by atoms with E-state index in [2.05, 4.69) is 31.1 Å². The van der Waals surface area contributed by atoms with Gasteiger partial charge in [0.05, 0.1) is 11.9 Å². The fourth-order valence-corrected chi connectivity index (χ4v) is 6.22.